The molecule has 0 radical (unpaired) electrons. The number of methoxy groups -OCH3 is 1. The van der Waals surface area contributed by atoms with Crippen LogP contribution in [0.1, 0.15) is 21.5 Å². The van der Waals surface area contributed by atoms with Gasteiger partial charge in [0.25, 0.3) is 5.56 Å². The van der Waals surface area contributed by atoms with Crippen molar-refractivity contribution in [1.82, 2.24) is 9.78 Å². The van der Waals surface area contributed by atoms with Crippen molar-refractivity contribution in [2.24, 2.45) is 0 Å². The molecule has 5 nitrogen and oxygen atoms in total. The van der Waals surface area contributed by atoms with Gasteiger partial charge in [0.1, 0.15) is 12.3 Å². The molecule has 1 heterocycles. The molecule has 0 spiro atoms. The molecule has 1 aromatic carbocycles. The van der Waals surface area contributed by atoms with Crippen molar-refractivity contribution in [3.05, 3.63) is 57.5 Å². The number of aryl methyl sites for hydroxylation is 2. The largest absolute Gasteiger partial charge is 0.496 e. The summed E-state index contributed by atoms with van der Waals surface area (Å²) in [5.74, 6) is 0.301. The van der Waals surface area contributed by atoms with Crippen molar-refractivity contribution in [3.8, 4) is 5.75 Å². The lowest BCUT2D eigenvalue weighted by Crippen LogP contribution is -2.26. The highest BCUT2D eigenvalue weighted by atomic mass is 16.5. The molecule has 0 fully saturated rings. The molecule has 0 amide bonds. The van der Waals surface area contributed by atoms with E-state index < -0.39 is 0 Å². The lowest BCUT2D eigenvalue weighted by molar-refractivity contribution is 0.0962. The SMILES string of the molecule is COc1cc(C)ccc1C(=O)Cn1ncc(C)cc1=O. The van der Waals surface area contributed by atoms with Crippen molar-refractivity contribution in [2.75, 3.05) is 7.11 Å². The number of aromatic nitrogens is 2. The zero-order chi connectivity index (χ0) is 14.7. The van der Waals surface area contributed by atoms with Crippen molar-refractivity contribution >= 4 is 5.78 Å². The number of ketones is 1. The van der Waals surface area contributed by atoms with Crippen molar-refractivity contribution in [1.29, 1.82) is 0 Å². The van der Waals surface area contributed by atoms with Crippen LogP contribution in [0.5, 0.6) is 5.75 Å². The van der Waals surface area contributed by atoms with Crippen LogP contribution in [0.2, 0.25) is 0 Å². The van der Waals surface area contributed by atoms with Gasteiger partial charge in [-0.1, -0.05) is 6.07 Å². The number of hydrogen-bond acceptors (Lipinski definition) is 4. The maximum absolute atomic E-state index is 12.3. The van der Waals surface area contributed by atoms with Gasteiger partial charge in [-0.2, -0.15) is 5.10 Å². The summed E-state index contributed by atoms with van der Waals surface area (Å²) in [5, 5.41) is 3.96. The van der Waals surface area contributed by atoms with E-state index in [0.29, 0.717) is 11.3 Å². The predicted molar refractivity (Wildman–Crippen MR) is 75.3 cm³/mol. The number of carbonyl (C=O) groups excluding carboxylic acids is 1. The lowest BCUT2D eigenvalue weighted by Gasteiger charge is -2.09. The summed E-state index contributed by atoms with van der Waals surface area (Å²) in [7, 11) is 1.52. The van der Waals surface area contributed by atoms with E-state index in [-0.39, 0.29) is 17.9 Å². The minimum Gasteiger partial charge on any atom is -0.496 e. The maximum atomic E-state index is 12.3. The molecule has 0 aliphatic carbocycles. The summed E-state index contributed by atoms with van der Waals surface area (Å²) in [5.41, 5.74) is 1.94. The van der Waals surface area contributed by atoms with Crippen LogP contribution in [0.15, 0.2) is 35.3 Å². The summed E-state index contributed by atoms with van der Waals surface area (Å²) in [4.78, 5) is 24.0. The summed E-state index contributed by atoms with van der Waals surface area (Å²) in [6, 6.07) is 6.78. The van der Waals surface area contributed by atoms with E-state index in [0.717, 1.165) is 15.8 Å². The molecular formula is C15H16N2O3. The van der Waals surface area contributed by atoms with Gasteiger partial charge in [0.15, 0.2) is 5.78 Å². The highest BCUT2D eigenvalue weighted by Crippen LogP contribution is 2.20. The number of Topliss-reactive ketones (excluding diaryl/α,β-unsaturated/α-hetero) is 1. The molecule has 0 saturated carbocycles. The molecule has 1 aromatic heterocycles. The second kappa shape index (κ2) is 5.69. The number of hydrogen-bond donors (Lipinski definition) is 0. The van der Waals surface area contributed by atoms with E-state index in [2.05, 4.69) is 5.10 Å². The number of ether oxygens (including phenoxy) is 1. The maximum Gasteiger partial charge on any atom is 0.267 e. The Bertz CT molecular complexity index is 705. The molecule has 2 rings (SSSR count). The highest BCUT2D eigenvalue weighted by molar-refractivity contribution is 5.98. The molecule has 20 heavy (non-hydrogen) atoms. The zero-order valence-corrected chi connectivity index (χ0v) is 11.7. The van der Waals surface area contributed by atoms with Crippen LogP contribution in [0.4, 0.5) is 0 Å². The first-order valence-electron chi connectivity index (χ1n) is 6.23. The van der Waals surface area contributed by atoms with E-state index in [4.69, 9.17) is 4.74 Å². The Morgan fingerprint density at radius 3 is 2.65 bits per heavy atom. The predicted octanol–water partition coefficient (Wildman–Crippen LogP) is 1.75. The molecule has 2 aromatic rings. The van der Waals surface area contributed by atoms with Gasteiger partial charge in [-0.3, -0.25) is 9.59 Å². The summed E-state index contributed by atoms with van der Waals surface area (Å²) >= 11 is 0. The topological polar surface area (TPSA) is 61.2 Å². The van der Waals surface area contributed by atoms with E-state index in [1.54, 1.807) is 25.3 Å². The summed E-state index contributed by atoms with van der Waals surface area (Å²) < 4.78 is 6.35. The normalized spacial score (nSPS) is 10.3. The standard InChI is InChI=1S/C15H16N2O3/c1-10-4-5-12(14(6-10)20-3)13(18)9-17-15(19)7-11(2)8-16-17/h4-8H,9H2,1-3H3. The van der Waals surface area contributed by atoms with E-state index in [1.165, 1.54) is 13.2 Å². The molecule has 0 saturated heterocycles. The molecule has 5 heteroatoms. The van der Waals surface area contributed by atoms with Gasteiger partial charge in [-0.15, -0.1) is 0 Å². The number of benzene rings is 1. The highest BCUT2D eigenvalue weighted by Gasteiger charge is 2.14. The molecule has 0 unspecified atom stereocenters. The fourth-order valence-corrected chi connectivity index (χ4v) is 1.89. The molecule has 0 N–H and O–H groups in total. The first kappa shape index (κ1) is 14.0. The Morgan fingerprint density at radius 1 is 1.25 bits per heavy atom. The van der Waals surface area contributed by atoms with Crippen LogP contribution < -0.4 is 10.3 Å². The third-order valence-electron chi connectivity index (χ3n) is 2.96. The Labute approximate surface area is 116 Å². The molecule has 0 aliphatic rings. The van der Waals surface area contributed by atoms with Crippen LogP contribution in [0.25, 0.3) is 0 Å². The van der Waals surface area contributed by atoms with Gasteiger partial charge in [0.05, 0.1) is 18.9 Å². The van der Waals surface area contributed by atoms with E-state index in [1.807, 2.05) is 13.0 Å². The Morgan fingerprint density at radius 2 is 2.00 bits per heavy atom. The average Bonchev–Trinajstić information content (AvgIpc) is 2.41. The third kappa shape index (κ3) is 2.93. The molecule has 104 valence electrons. The number of nitrogens with zero attached hydrogens (tertiary/aromatic N) is 2. The number of rotatable bonds is 4. The van der Waals surface area contributed by atoms with E-state index >= 15 is 0 Å². The smallest absolute Gasteiger partial charge is 0.267 e. The minimum atomic E-state index is -0.288. The zero-order valence-electron chi connectivity index (χ0n) is 11.7. The summed E-state index contributed by atoms with van der Waals surface area (Å²) in [6.07, 6.45) is 1.56. The van der Waals surface area contributed by atoms with Gasteiger partial charge in [0.2, 0.25) is 0 Å². The Balaban J connectivity index is 2.30. The van der Waals surface area contributed by atoms with Gasteiger partial charge in [-0.05, 0) is 37.1 Å². The molecule has 0 bridgehead atoms. The Kier molecular flexibility index (Phi) is 3.98. The fourth-order valence-electron chi connectivity index (χ4n) is 1.89. The Hall–Kier alpha value is -2.43. The van der Waals surface area contributed by atoms with Gasteiger partial charge < -0.3 is 4.74 Å². The van der Waals surface area contributed by atoms with Gasteiger partial charge in [0, 0.05) is 6.07 Å². The molecule has 0 aliphatic heterocycles. The molecule has 0 atom stereocenters. The second-order valence-corrected chi connectivity index (χ2v) is 4.66. The van der Waals surface area contributed by atoms with Gasteiger partial charge >= 0.3 is 0 Å². The minimum absolute atomic E-state index is 0.0987. The van der Waals surface area contributed by atoms with Crippen molar-refractivity contribution in [2.45, 2.75) is 20.4 Å². The fraction of sp³-hybridized carbons (Fsp3) is 0.267. The summed E-state index contributed by atoms with van der Waals surface area (Å²) in [6.45, 7) is 3.60. The quantitative estimate of drug-likeness (QED) is 0.796. The van der Waals surface area contributed by atoms with Crippen LogP contribution in [0, 0.1) is 13.8 Å². The van der Waals surface area contributed by atoms with Crippen LogP contribution >= 0.6 is 0 Å². The molecular weight excluding hydrogens is 256 g/mol. The number of carbonyl (C=O) groups is 1. The average molecular weight is 272 g/mol. The van der Waals surface area contributed by atoms with Crippen molar-refractivity contribution in [3.63, 3.8) is 0 Å². The van der Waals surface area contributed by atoms with Crippen molar-refractivity contribution < 1.29 is 9.53 Å². The third-order valence-corrected chi connectivity index (χ3v) is 2.96. The first-order chi connectivity index (χ1) is 9.51. The monoisotopic (exact) mass is 272 g/mol. The second-order valence-electron chi connectivity index (χ2n) is 4.66. The van der Waals surface area contributed by atoms with Crippen LogP contribution in [-0.4, -0.2) is 22.7 Å². The van der Waals surface area contributed by atoms with Gasteiger partial charge in [-0.25, -0.2) is 4.68 Å². The lowest BCUT2D eigenvalue weighted by atomic mass is 10.1. The first-order valence-corrected chi connectivity index (χ1v) is 6.23. The van der Waals surface area contributed by atoms with Crippen LogP contribution in [0.3, 0.4) is 0 Å². The van der Waals surface area contributed by atoms with E-state index in [9.17, 15) is 9.59 Å². The van der Waals surface area contributed by atoms with Crippen LogP contribution in [-0.2, 0) is 6.54 Å².